The van der Waals surface area contributed by atoms with Crippen LogP contribution in [0.2, 0.25) is 0 Å². The van der Waals surface area contributed by atoms with Crippen molar-refractivity contribution >= 4 is 5.69 Å². The molecule has 0 saturated carbocycles. The van der Waals surface area contributed by atoms with E-state index < -0.39 is 0 Å². The maximum absolute atomic E-state index is 7.88. The minimum absolute atomic E-state index is 0.319. The highest BCUT2D eigenvalue weighted by atomic mass is 16.2. The number of aliphatic hydroxyl groups excluding tert-OH is 1. The topological polar surface area (TPSA) is 58.3 Å². The number of anilines is 1. The maximum atomic E-state index is 7.88. The molecule has 0 aliphatic carbocycles. The van der Waals surface area contributed by atoms with Gasteiger partial charge in [-0.1, -0.05) is 19.1 Å². The van der Waals surface area contributed by atoms with Gasteiger partial charge in [-0.15, -0.1) is 0 Å². The molecule has 0 saturated heterocycles. The number of hydrogen-bond acceptors (Lipinski definition) is 3. The SMILES string of the molecule is CCCO.CNCc1ccc(N)cc1. The second-order valence-electron chi connectivity index (χ2n) is 3.00. The molecule has 0 heterocycles. The van der Waals surface area contributed by atoms with Gasteiger partial charge in [-0.3, -0.25) is 0 Å². The third-order valence-electron chi connectivity index (χ3n) is 1.58. The van der Waals surface area contributed by atoms with Crippen LogP contribution in [-0.2, 0) is 6.54 Å². The Kier molecular flexibility index (Phi) is 7.89. The molecule has 1 aromatic rings. The third-order valence-corrected chi connectivity index (χ3v) is 1.58. The van der Waals surface area contributed by atoms with Crippen LogP contribution in [-0.4, -0.2) is 18.8 Å². The summed E-state index contributed by atoms with van der Waals surface area (Å²) in [5.41, 5.74) is 7.58. The van der Waals surface area contributed by atoms with E-state index in [1.54, 1.807) is 0 Å². The van der Waals surface area contributed by atoms with Gasteiger partial charge in [0.2, 0.25) is 0 Å². The number of benzene rings is 1. The summed E-state index contributed by atoms with van der Waals surface area (Å²) >= 11 is 0. The summed E-state index contributed by atoms with van der Waals surface area (Å²) in [5, 5.41) is 10.9. The molecule has 1 aromatic carbocycles. The van der Waals surface area contributed by atoms with Crippen molar-refractivity contribution in [2.45, 2.75) is 19.9 Å². The molecular weight excluding hydrogens is 176 g/mol. The summed E-state index contributed by atoms with van der Waals surface area (Å²) in [6.07, 6.45) is 0.875. The Bertz CT molecular complexity index is 219. The average Bonchev–Trinajstić information content (AvgIpc) is 2.22. The van der Waals surface area contributed by atoms with Gasteiger partial charge < -0.3 is 16.2 Å². The summed E-state index contributed by atoms with van der Waals surface area (Å²) in [5.74, 6) is 0. The standard InChI is InChI=1S/C8H12N2.C3H8O/c1-10-6-7-2-4-8(9)5-3-7;1-2-3-4/h2-5,10H,6,9H2,1H3;4H,2-3H2,1H3. The first-order chi connectivity index (χ1) is 6.74. The van der Waals surface area contributed by atoms with Gasteiger partial charge in [0.15, 0.2) is 0 Å². The Balaban J connectivity index is 0.000000364. The van der Waals surface area contributed by atoms with Crippen molar-refractivity contribution in [2.24, 2.45) is 0 Å². The second kappa shape index (κ2) is 8.53. The van der Waals surface area contributed by atoms with E-state index in [0.717, 1.165) is 18.7 Å². The third kappa shape index (κ3) is 6.46. The molecule has 3 heteroatoms. The molecule has 3 nitrogen and oxygen atoms in total. The fourth-order valence-corrected chi connectivity index (χ4v) is 0.840. The number of nitrogens with one attached hydrogen (secondary N) is 1. The minimum Gasteiger partial charge on any atom is -0.399 e. The number of nitrogens with two attached hydrogens (primary N) is 1. The quantitative estimate of drug-likeness (QED) is 0.640. The number of nitrogen functional groups attached to an aromatic ring is 1. The Morgan fingerprint density at radius 3 is 2.14 bits per heavy atom. The fraction of sp³-hybridized carbons (Fsp3) is 0.455. The molecule has 0 unspecified atom stereocenters. The van der Waals surface area contributed by atoms with E-state index in [1.165, 1.54) is 5.56 Å². The zero-order chi connectivity index (χ0) is 10.8. The van der Waals surface area contributed by atoms with E-state index in [0.29, 0.717) is 6.61 Å². The van der Waals surface area contributed by atoms with Crippen molar-refractivity contribution < 1.29 is 5.11 Å². The molecule has 1 rings (SSSR count). The van der Waals surface area contributed by atoms with Crippen LogP contribution >= 0.6 is 0 Å². The Morgan fingerprint density at radius 1 is 1.29 bits per heavy atom. The van der Waals surface area contributed by atoms with Gasteiger partial charge in [0.25, 0.3) is 0 Å². The molecule has 0 fully saturated rings. The van der Waals surface area contributed by atoms with Gasteiger partial charge in [0.1, 0.15) is 0 Å². The van der Waals surface area contributed by atoms with E-state index in [4.69, 9.17) is 10.8 Å². The van der Waals surface area contributed by atoms with Crippen molar-refractivity contribution in [2.75, 3.05) is 19.4 Å². The van der Waals surface area contributed by atoms with E-state index in [2.05, 4.69) is 5.32 Å². The molecule has 0 radical (unpaired) electrons. The van der Waals surface area contributed by atoms with Crippen LogP contribution in [0.15, 0.2) is 24.3 Å². The lowest BCUT2D eigenvalue weighted by Gasteiger charge is -1.98. The van der Waals surface area contributed by atoms with Crippen LogP contribution in [0.3, 0.4) is 0 Å². The molecule has 0 aliphatic heterocycles. The minimum atomic E-state index is 0.319. The molecule has 0 aliphatic rings. The van der Waals surface area contributed by atoms with Gasteiger partial charge in [-0.2, -0.15) is 0 Å². The monoisotopic (exact) mass is 196 g/mol. The lowest BCUT2D eigenvalue weighted by atomic mass is 10.2. The smallest absolute Gasteiger partial charge is 0.0428 e. The van der Waals surface area contributed by atoms with Gasteiger partial charge >= 0.3 is 0 Å². The Labute approximate surface area is 85.9 Å². The molecule has 0 atom stereocenters. The lowest BCUT2D eigenvalue weighted by Crippen LogP contribution is -2.04. The van der Waals surface area contributed by atoms with Crippen LogP contribution in [0.1, 0.15) is 18.9 Å². The van der Waals surface area contributed by atoms with Crippen molar-refractivity contribution in [1.29, 1.82) is 0 Å². The number of aliphatic hydroxyl groups is 1. The largest absolute Gasteiger partial charge is 0.399 e. The van der Waals surface area contributed by atoms with E-state index in [-0.39, 0.29) is 0 Å². The predicted molar refractivity (Wildman–Crippen MR) is 61.0 cm³/mol. The van der Waals surface area contributed by atoms with Crippen LogP contribution in [0.25, 0.3) is 0 Å². The van der Waals surface area contributed by atoms with Gasteiger partial charge in [-0.25, -0.2) is 0 Å². The van der Waals surface area contributed by atoms with Crippen LogP contribution in [0.4, 0.5) is 5.69 Å². The molecular formula is C11H20N2O. The van der Waals surface area contributed by atoms with Crippen molar-refractivity contribution in [3.63, 3.8) is 0 Å². The molecule has 80 valence electrons. The summed E-state index contributed by atoms with van der Waals surface area (Å²) in [7, 11) is 1.93. The van der Waals surface area contributed by atoms with E-state index in [9.17, 15) is 0 Å². The summed E-state index contributed by atoms with van der Waals surface area (Å²) in [6, 6.07) is 7.86. The van der Waals surface area contributed by atoms with E-state index >= 15 is 0 Å². The van der Waals surface area contributed by atoms with Crippen LogP contribution in [0, 0.1) is 0 Å². The highest BCUT2D eigenvalue weighted by molar-refractivity contribution is 5.39. The maximum Gasteiger partial charge on any atom is 0.0428 e. The molecule has 4 N–H and O–H groups in total. The van der Waals surface area contributed by atoms with Gasteiger partial charge in [0, 0.05) is 18.8 Å². The number of rotatable bonds is 3. The van der Waals surface area contributed by atoms with Crippen molar-refractivity contribution in [3.05, 3.63) is 29.8 Å². The van der Waals surface area contributed by atoms with Crippen LogP contribution < -0.4 is 11.1 Å². The van der Waals surface area contributed by atoms with Crippen molar-refractivity contribution in [1.82, 2.24) is 5.32 Å². The molecule has 0 bridgehead atoms. The summed E-state index contributed by atoms with van der Waals surface area (Å²) in [4.78, 5) is 0. The summed E-state index contributed by atoms with van der Waals surface area (Å²) in [6.45, 7) is 3.15. The first kappa shape index (κ1) is 12.9. The summed E-state index contributed by atoms with van der Waals surface area (Å²) < 4.78 is 0. The van der Waals surface area contributed by atoms with Crippen LogP contribution in [0.5, 0.6) is 0 Å². The zero-order valence-corrected chi connectivity index (χ0v) is 8.96. The number of hydrogen-bond donors (Lipinski definition) is 3. The Hall–Kier alpha value is -1.06. The highest BCUT2D eigenvalue weighted by Gasteiger charge is 1.87. The molecule has 14 heavy (non-hydrogen) atoms. The predicted octanol–water partition coefficient (Wildman–Crippen LogP) is 1.38. The molecule has 0 spiro atoms. The molecule has 0 aromatic heterocycles. The Morgan fingerprint density at radius 2 is 1.79 bits per heavy atom. The average molecular weight is 196 g/mol. The highest BCUT2D eigenvalue weighted by Crippen LogP contribution is 2.04. The second-order valence-corrected chi connectivity index (χ2v) is 3.00. The molecule has 0 amide bonds. The first-order valence-corrected chi connectivity index (χ1v) is 4.84. The fourth-order valence-electron chi connectivity index (χ4n) is 0.840. The lowest BCUT2D eigenvalue weighted by molar-refractivity contribution is 0.295. The first-order valence-electron chi connectivity index (χ1n) is 4.84. The van der Waals surface area contributed by atoms with Gasteiger partial charge in [0.05, 0.1) is 0 Å². The normalized spacial score (nSPS) is 9.07. The zero-order valence-electron chi connectivity index (χ0n) is 8.96. The van der Waals surface area contributed by atoms with E-state index in [1.807, 2.05) is 38.2 Å². The van der Waals surface area contributed by atoms with Gasteiger partial charge in [-0.05, 0) is 31.2 Å². The van der Waals surface area contributed by atoms with Crippen molar-refractivity contribution in [3.8, 4) is 0 Å².